The number of imidazole rings is 1. The number of aromatic nitrogens is 4. The van der Waals surface area contributed by atoms with Gasteiger partial charge in [0, 0.05) is 29.2 Å². The van der Waals surface area contributed by atoms with Crippen LogP contribution < -0.4 is 4.74 Å². The second-order valence-electron chi connectivity index (χ2n) is 5.80. The summed E-state index contributed by atoms with van der Waals surface area (Å²) in [6.45, 7) is 4.02. The summed E-state index contributed by atoms with van der Waals surface area (Å²) in [7, 11) is 0. The molecule has 1 aliphatic rings. The van der Waals surface area contributed by atoms with E-state index in [1.165, 1.54) is 0 Å². The Morgan fingerprint density at radius 2 is 2.08 bits per heavy atom. The highest BCUT2D eigenvalue weighted by atomic mass is 32.2. The highest BCUT2D eigenvalue weighted by Crippen LogP contribution is 2.39. The molecule has 6 nitrogen and oxygen atoms in total. The van der Waals surface area contributed by atoms with Crippen molar-refractivity contribution in [3.05, 3.63) is 53.2 Å². The number of ether oxygens (including phenoxy) is 1. The summed E-state index contributed by atoms with van der Waals surface area (Å²) in [6, 6.07) is 8.01. The van der Waals surface area contributed by atoms with Crippen molar-refractivity contribution in [2.24, 2.45) is 0 Å². The lowest BCUT2D eigenvalue weighted by Gasteiger charge is -2.22. The third-order valence-electron chi connectivity index (χ3n) is 4.03. The van der Waals surface area contributed by atoms with Crippen molar-refractivity contribution in [3.8, 4) is 5.75 Å². The first kappa shape index (κ1) is 15.3. The van der Waals surface area contributed by atoms with E-state index in [0.29, 0.717) is 18.1 Å². The van der Waals surface area contributed by atoms with Crippen molar-refractivity contribution in [1.29, 1.82) is 0 Å². The number of aryl methyl sites for hydroxylation is 4. The van der Waals surface area contributed by atoms with E-state index in [-0.39, 0.29) is 6.10 Å². The van der Waals surface area contributed by atoms with Crippen LogP contribution in [0.3, 0.4) is 0 Å². The molecule has 0 saturated heterocycles. The van der Waals surface area contributed by atoms with Crippen LogP contribution in [0.1, 0.15) is 35.0 Å². The zero-order chi connectivity index (χ0) is 16.5. The Bertz CT molecular complexity index is 838. The SMILES string of the molecule is Cc1nc(CCc2nc(C3CSc4ccccc4O3)no2)[nH]c1C. The van der Waals surface area contributed by atoms with E-state index in [1.54, 1.807) is 11.8 Å². The molecule has 2 aromatic heterocycles. The second-order valence-corrected chi connectivity index (χ2v) is 6.87. The lowest BCUT2D eigenvalue weighted by atomic mass is 10.3. The molecular formula is C17H18N4O2S. The third-order valence-corrected chi connectivity index (χ3v) is 5.15. The van der Waals surface area contributed by atoms with Crippen LogP contribution in [0.4, 0.5) is 0 Å². The Labute approximate surface area is 144 Å². The van der Waals surface area contributed by atoms with Crippen molar-refractivity contribution < 1.29 is 9.26 Å². The van der Waals surface area contributed by atoms with Crippen LogP contribution in [-0.2, 0) is 12.8 Å². The number of aromatic amines is 1. The van der Waals surface area contributed by atoms with Gasteiger partial charge in [-0.25, -0.2) is 4.98 Å². The number of thioether (sulfide) groups is 1. The van der Waals surface area contributed by atoms with Gasteiger partial charge in [0.1, 0.15) is 11.6 Å². The largest absolute Gasteiger partial charge is 0.480 e. The third kappa shape index (κ3) is 3.03. The predicted octanol–water partition coefficient (Wildman–Crippen LogP) is 3.42. The van der Waals surface area contributed by atoms with Crippen molar-refractivity contribution in [3.63, 3.8) is 0 Å². The first-order valence-electron chi connectivity index (χ1n) is 7.92. The summed E-state index contributed by atoms with van der Waals surface area (Å²) in [6.07, 6.45) is 1.24. The Morgan fingerprint density at radius 3 is 2.92 bits per heavy atom. The van der Waals surface area contributed by atoms with Crippen molar-refractivity contribution in [1.82, 2.24) is 20.1 Å². The van der Waals surface area contributed by atoms with Crippen molar-refractivity contribution in [2.45, 2.75) is 37.7 Å². The van der Waals surface area contributed by atoms with E-state index in [0.717, 1.165) is 40.0 Å². The summed E-state index contributed by atoms with van der Waals surface area (Å²) in [4.78, 5) is 13.4. The van der Waals surface area contributed by atoms with Crippen molar-refractivity contribution in [2.75, 3.05) is 5.75 Å². The maximum absolute atomic E-state index is 5.99. The van der Waals surface area contributed by atoms with Gasteiger partial charge in [-0.2, -0.15) is 4.98 Å². The number of hydrogen-bond acceptors (Lipinski definition) is 6. The average Bonchev–Trinajstić information content (AvgIpc) is 3.19. The molecule has 1 atom stereocenters. The van der Waals surface area contributed by atoms with E-state index < -0.39 is 0 Å². The van der Waals surface area contributed by atoms with Gasteiger partial charge in [-0.1, -0.05) is 17.3 Å². The van der Waals surface area contributed by atoms with Gasteiger partial charge in [0.25, 0.3) is 0 Å². The average molecular weight is 342 g/mol. The lowest BCUT2D eigenvalue weighted by molar-refractivity contribution is 0.205. The Balaban J connectivity index is 1.42. The number of fused-ring (bicyclic) bond motifs is 1. The summed E-state index contributed by atoms with van der Waals surface area (Å²) in [5.41, 5.74) is 2.13. The number of H-pyrrole nitrogens is 1. The number of nitrogens with zero attached hydrogens (tertiary/aromatic N) is 3. The molecule has 1 N–H and O–H groups in total. The zero-order valence-corrected chi connectivity index (χ0v) is 14.4. The molecular weight excluding hydrogens is 324 g/mol. The molecule has 0 spiro atoms. The number of hydrogen-bond donors (Lipinski definition) is 1. The first-order chi connectivity index (χ1) is 11.7. The number of benzene rings is 1. The summed E-state index contributed by atoms with van der Waals surface area (Å²) < 4.78 is 11.4. The van der Waals surface area contributed by atoms with Gasteiger partial charge in [0.15, 0.2) is 6.10 Å². The minimum atomic E-state index is -0.171. The Kier molecular flexibility index (Phi) is 4.02. The monoisotopic (exact) mass is 342 g/mol. The van der Waals surface area contributed by atoms with Gasteiger partial charge in [-0.15, -0.1) is 11.8 Å². The number of rotatable bonds is 4. The fourth-order valence-electron chi connectivity index (χ4n) is 2.61. The summed E-state index contributed by atoms with van der Waals surface area (Å²) in [5.74, 6) is 3.84. The minimum absolute atomic E-state index is 0.171. The van der Waals surface area contributed by atoms with Gasteiger partial charge in [-0.3, -0.25) is 0 Å². The van der Waals surface area contributed by atoms with E-state index in [4.69, 9.17) is 9.26 Å². The molecule has 24 heavy (non-hydrogen) atoms. The lowest BCUT2D eigenvalue weighted by Crippen LogP contribution is -2.16. The van der Waals surface area contributed by atoms with Crippen LogP contribution in [0.15, 0.2) is 33.7 Å². The Hall–Kier alpha value is -2.28. The minimum Gasteiger partial charge on any atom is -0.480 e. The number of nitrogens with one attached hydrogen (secondary N) is 1. The molecule has 1 aliphatic heterocycles. The maximum Gasteiger partial charge on any atom is 0.227 e. The second kappa shape index (κ2) is 6.32. The summed E-state index contributed by atoms with van der Waals surface area (Å²) in [5, 5.41) is 4.09. The molecule has 7 heteroatoms. The molecule has 0 fully saturated rings. The molecule has 1 aromatic carbocycles. The fraction of sp³-hybridized carbons (Fsp3) is 0.353. The normalized spacial score (nSPS) is 16.7. The van der Waals surface area contributed by atoms with E-state index in [2.05, 4.69) is 26.2 Å². The highest BCUT2D eigenvalue weighted by Gasteiger charge is 2.26. The molecule has 0 amide bonds. The molecule has 4 rings (SSSR count). The van der Waals surface area contributed by atoms with E-state index >= 15 is 0 Å². The quantitative estimate of drug-likeness (QED) is 0.783. The van der Waals surface area contributed by atoms with Crippen molar-refractivity contribution >= 4 is 11.8 Å². The first-order valence-corrected chi connectivity index (χ1v) is 8.90. The number of para-hydroxylation sites is 1. The fourth-order valence-corrected chi connectivity index (χ4v) is 3.59. The summed E-state index contributed by atoms with van der Waals surface area (Å²) >= 11 is 1.75. The standard InChI is InChI=1S/C17H18N4O2S/c1-10-11(2)19-15(18-10)7-8-16-20-17(21-23-16)13-9-24-14-6-4-3-5-12(14)22-13/h3-6,13H,7-9H2,1-2H3,(H,18,19). The van der Waals surface area contributed by atoms with Crippen LogP contribution in [0.5, 0.6) is 5.75 Å². The van der Waals surface area contributed by atoms with Gasteiger partial charge < -0.3 is 14.2 Å². The smallest absolute Gasteiger partial charge is 0.227 e. The molecule has 0 saturated carbocycles. The van der Waals surface area contributed by atoms with Gasteiger partial charge in [0.2, 0.25) is 11.7 Å². The van der Waals surface area contributed by atoms with E-state index in [1.807, 2.05) is 32.0 Å². The maximum atomic E-state index is 5.99. The Morgan fingerprint density at radius 1 is 1.21 bits per heavy atom. The topological polar surface area (TPSA) is 76.8 Å². The molecule has 3 aromatic rings. The van der Waals surface area contributed by atoms with Crippen LogP contribution in [0, 0.1) is 13.8 Å². The van der Waals surface area contributed by atoms with Crippen LogP contribution >= 0.6 is 11.8 Å². The van der Waals surface area contributed by atoms with E-state index in [9.17, 15) is 0 Å². The zero-order valence-electron chi connectivity index (χ0n) is 13.6. The van der Waals surface area contributed by atoms with Crippen LogP contribution in [0.25, 0.3) is 0 Å². The molecule has 0 bridgehead atoms. The predicted molar refractivity (Wildman–Crippen MR) is 90.3 cm³/mol. The van der Waals surface area contributed by atoms with Gasteiger partial charge >= 0.3 is 0 Å². The van der Waals surface area contributed by atoms with Gasteiger partial charge in [0.05, 0.1) is 5.69 Å². The molecule has 124 valence electrons. The van der Waals surface area contributed by atoms with Gasteiger partial charge in [-0.05, 0) is 26.0 Å². The molecule has 1 unspecified atom stereocenters. The highest BCUT2D eigenvalue weighted by molar-refractivity contribution is 7.99. The van der Waals surface area contributed by atoms with Crippen LogP contribution in [0.2, 0.25) is 0 Å². The molecule has 0 aliphatic carbocycles. The molecule has 0 radical (unpaired) electrons. The molecule has 3 heterocycles. The van der Waals surface area contributed by atoms with Crippen LogP contribution in [-0.4, -0.2) is 25.9 Å².